The van der Waals surface area contributed by atoms with Crippen LogP contribution in [0.1, 0.15) is 13.8 Å². The van der Waals surface area contributed by atoms with Gasteiger partial charge in [-0.2, -0.15) is 6.92 Å². The summed E-state index contributed by atoms with van der Waals surface area (Å²) in [6.45, 7) is 7.07. The fraction of sp³-hybridized carbons (Fsp3) is 0.556. The molecule has 81 valence electrons. The van der Waals surface area contributed by atoms with Crippen molar-refractivity contribution in [1.29, 1.82) is 0 Å². The molecule has 0 atom stereocenters. The van der Waals surface area contributed by atoms with Gasteiger partial charge in [0.15, 0.2) is 0 Å². The van der Waals surface area contributed by atoms with Gasteiger partial charge in [0.1, 0.15) is 0 Å². The van der Waals surface area contributed by atoms with E-state index in [0.29, 0.717) is 0 Å². The summed E-state index contributed by atoms with van der Waals surface area (Å²) < 4.78 is 1.06. The summed E-state index contributed by atoms with van der Waals surface area (Å²) >= 11 is 3.18. The number of thioether (sulfide) groups is 2. The summed E-state index contributed by atoms with van der Waals surface area (Å²) in [5.41, 5.74) is 0.764. The Balaban J connectivity index is -0.000000267. The van der Waals surface area contributed by atoms with Gasteiger partial charge in [-0.3, -0.25) is 0 Å². The molecule has 0 heterocycles. The maximum absolute atomic E-state index is 10.7. The van der Waals surface area contributed by atoms with Gasteiger partial charge in [-0.05, 0) is 23.7 Å². The third kappa shape index (κ3) is 11.1. The molecule has 0 aliphatic rings. The predicted molar refractivity (Wildman–Crippen MR) is 62.9 cm³/mol. The van der Waals surface area contributed by atoms with Crippen LogP contribution in [0.15, 0.2) is 9.81 Å². The fourth-order valence-electron chi connectivity index (χ4n) is 0.503. The van der Waals surface area contributed by atoms with Crippen molar-refractivity contribution in [3.8, 4) is 0 Å². The normalized spacial score (nSPS) is 7.79. The molecule has 0 aliphatic carbocycles. The average molecular weight is 310 g/mol. The Morgan fingerprint density at radius 3 is 1.71 bits per heavy atom. The first-order chi connectivity index (χ1) is 6.04. The van der Waals surface area contributed by atoms with Gasteiger partial charge in [0.05, 0.1) is 0 Å². The monoisotopic (exact) mass is 310 g/mol. The molecule has 0 aromatic rings. The van der Waals surface area contributed by atoms with E-state index in [0.717, 1.165) is 9.81 Å². The van der Waals surface area contributed by atoms with Crippen LogP contribution in [-0.4, -0.2) is 30.0 Å². The van der Waals surface area contributed by atoms with Crippen molar-refractivity contribution in [3.05, 3.63) is 16.7 Å². The molecule has 0 aromatic heterocycles. The van der Waals surface area contributed by atoms with E-state index >= 15 is 0 Å². The van der Waals surface area contributed by atoms with E-state index in [2.05, 4.69) is 6.92 Å². The first-order valence-corrected chi connectivity index (χ1v) is 6.26. The molecule has 0 spiro atoms. The van der Waals surface area contributed by atoms with Crippen molar-refractivity contribution in [1.82, 2.24) is 0 Å². The molecule has 0 unspecified atom stereocenters. The summed E-state index contributed by atoms with van der Waals surface area (Å²) in [6, 6.07) is 0. The first kappa shape index (κ1) is 20.5. The van der Waals surface area contributed by atoms with Gasteiger partial charge >= 0.3 is 0 Å². The van der Waals surface area contributed by atoms with Gasteiger partial charge in [0.2, 0.25) is 0 Å². The third-order valence-electron chi connectivity index (χ3n) is 1.10. The number of aliphatic hydroxyl groups is 1. The molecule has 5 heteroatoms. The zero-order chi connectivity index (χ0) is 10.9. The molecule has 14 heavy (non-hydrogen) atoms. The summed E-state index contributed by atoms with van der Waals surface area (Å²) in [5.74, 6) is -0.0845. The average Bonchev–Trinajstić information content (AvgIpc) is 2.07. The number of carbonyl (C=O) groups excluding carboxylic acids is 1. The maximum atomic E-state index is 10.7. The minimum Gasteiger partial charge on any atom is -0.397 e. The Kier molecular flexibility index (Phi) is 20.5. The van der Waals surface area contributed by atoms with Crippen LogP contribution in [0.25, 0.3) is 0 Å². The zero-order valence-electron chi connectivity index (χ0n) is 9.16. The molecule has 0 aliphatic heterocycles. The molecule has 2 nitrogen and oxygen atoms in total. The number of ketones is 1. The van der Waals surface area contributed by atoms with Crippen LogP contribution in [-0.2, 0) is 37.5 Å². The molecular weight excluding hydrogens is 293 g/mol. The van der Waals surface area contributed by atoms with Crippen LogP contribution in [0.4, 0.5) is 0 Å². The van der Waals surface area contributed by atoms with E-state index < -0.39 is 0 Å². The van der Waals surface area contributed by atoms with Crippen LogP contribution < -0.4 is 0 Å². The van der Waals surface area contributed by atoms with E-state index in [1.54, 1.807) is 37.4 Å². The fourth-order valence-corrected chi connectivity index (χ4v) is 2.01. The number of hydrogen-bond donors (Lipinski definition) is 1. The van der Waals surface area contributed by atoms with E-state index in [1.807, 2.05) is 12.5 Å². The summed E-state index contributed by atoms with van der Waals surface area (Å²) in [6.07, 6.45) is 3.91. The van der Waals surface area contributed by atoms with E-state index in [1.165, 1.54) is 0 Å². The smallest absolute Gasteiger partial charge is 0.0402 e. The van der Waals surface area contributed by atoms with Gasteiger partial charge in [0, 0.05) is 45.1 Å². The van der Waals surface area contributed by atoms with Gasteiger partial charge in [0.25, 0.3) is 0 Å². The van der Waals surface area contributed by atoms with Crippen LogP contribution in [0, 0.1) is 6.92 Å². The Hall–Kier alpha value is 1.04. The van der Waals surface area contributed by atoms with Gasteiger partial charge in [-0.1, -0.05) is 0 Å². The van der Waals surface area contributed by atoms with Crippen molar-refractivity contribution in [3.63, 3.8) is 0 Å². The number of hydrogen-bond acceptors (Lipinski definition) is 4. The molecule has 0 rings (SSSR count). The maximum Gasteiger partial charge on any atom is 0.0402 e. The van der Waals surface area contributed by atoms with Crippen molar-refractivity contribution in [2.24, 2.45) is 0 Å². The van der Waals surface area contributed by atoms with Gasteiger partial charge in [-0.15, -0.1) is 36.0 Å². The summed E-state index contributed by atoms with van der Waals surface area (Å²) in [7, 11) is 0. The van der Waals surface area contributed by atoms with Crippen molar-refractivity contribution >= 4 is 29.3 Å². The second kappa shape index (κ2) is 14.0. The van der Waals surface area contributed by atoms with Crippen LogP contribution >= 0.6 is 23.5 Å². The zero-order valence-corrected chi connectivity index (χ0v) is 13.6. The molecule has 0 saturated heterocycles. The largest absolute Gasteiger partial charge is 0.397 e. The number of rotatable bonds is 3. The standard InChI is InChI=1S/C7H11OS2.C2H6O.Y/c1-5(6(2)8)7(9-3)10-4;1-2-3;/h2H2,1,3-4H3;3H,2H2,1H3;/q-1;;. The topological polar surface area (TPSA) is 37.3 Å². The molecule has 0 saturated carbocycles. The minimum atomic E-state index is -0.0845. The minimum absolute atomic E-state index is 0. The number of aliphatic hydroxyl groups excluding tert-OH is 1. The van der Waals surface area contributed by atoms with Gasteiger partial charge in [-0.25, -0.2) is 0 Å². The van der Waals surface area contributed by atoms with E-state index in [4.69, 9.17) is 5.11 Å². The quantitative estimate of drug-likeness (QED) is 0.641. The van der Waals surface area contributed by atoms with Crippen LogP contribution in [0.2, 0.25) is 0 Å². The second-order valence-electron chi connectivity index (χ2n) is 2.06. The predicted octanol–water partition coefficient (Wildman–Crippen LogP) is 2.34. The van der Waals surface area contributed by atoms with E-state index in [-0.39, 0.29) is 45.1 Å². The molecule has 1 radical (unpaired) electrons. The Morgan fingerprint density at radius 2 is 1.64 bits per heavy atom. The van der Waals surface area contributed by atoms with E-state index in [9.17, 15) is 4.79 Å². The Labute approximate surface area is 121 Å². The van der Waals surface area contributed by atoms with Gasteiger partial charge < -0.3 is 9.90 Å². The summed E-state index contributed by atoms with van der Waals surface area (Å²) in [4.78, 5) is 10.7. The summed E-state index contributed by atoms with van der Waals surface area (Å²) in [5, 5.41) is 7.57. The first-order valence-electron chi connectivity index (χ1n) is 3.81. The van der Waals surface area contributed by atoms with Crippen LogP contribution in [0.5, 0.6) is 0 Å². The van der Waals surface area contributed by atoms with Crippen molar-refractivity contribution < 1.29 is 42.6 Å². The Bertz CT molecular complexity index is 176. The number of Topliss-reactive ketones (excluding diaryl/α,β-unsaturated/α-hetero) is 1. The molecular formula is C9H17O2S2Y-. The number of allylic oxidation sites excluding steroid dienone is 1. The van der Waals surface area contributed by atoms with Crippen molar-refractivity contribution in [2.75, 3.05) is 19.1 Å². The number of carbonyl (C=O) groups is 1. The Morgan fingerprint density at radius 1 is 1.36 bits per heavy atom. The van der Waals surface area contributed by atoms with Crippen LogP contribution in [0.3, 0.4) is 0 Å². The second-order valence-corrected chi connectivity index (χ2v) is 3.95. The molecule has 0 bridgehead atoms. The SMILES string of the molecule is CCO.[CH2-]C(=O)C(C)=C(SC)SC.[Y]. The van der Waals surface area contributed by atoms with Crippen molar-refractivity contribution in [2.45, 2.75) is 13.8 Å². The molecule has 0 fully saturated rings. The third-order valence-corrected chi connectivity index (χ3v) is 3.45. The molecule has 0 amide bonds. The molecule has 1 N–H and O–H groups in total. The molecule has 0 aromatic carbocycles.